The van der Waals surface area contributed by atoms with Crippen molar-refractivity contribution in [3.63, 3.8) is 0 Å². The Kier molecular flexibility index (Phi) is 4.42. The van der Waals surface area contributed by atoms with E-state index in [1.807, 2.05) is 6.07 Å². The van der Waals surface area contributed by atoms with Crippen LogP contribution in [0.1, 0.15) is 47.2 Å². The van der Waals surface area contributed by atoms with Gasteiger partial charge in [-0.25, -0.2) is 0 Å². The monoisotopic (exact) mass is 322 g/mol. The van der Waals surface area contributed by atoms with Crippen LogP contribution in [-0.2, 0) is 12.8 Å². The summed E-state index contributed by atoms with van der Waals surface area (Å²) in [7, 11) is 0. The summed E-state index contributed by atoms with van der Waals surface area (Å²) >= 11 is 0. The first kappa shape index (κ1) is 15.5. The summed E-state index contributed by atoms with van der Waals surface area (Å²) in [6.45, 7) is 2.94. The largest absolute Gasteiger partial charge is 0.371 e. The molecule has 2 aliphatic carbocycles. The van der Waals surface area contributed by atoms with Crippen molar-refractivity contribution in [1.29, 1.82) is 0 Å². The molecular weight excluding hydrogens is 296 g/mol. The van der Waals surface area contributed by atoms with E-state index in [1.54, 1.807) is 0 Å². The Balaban J connectivity index is 1.39. The third kappa shape index (κ3) is 3.26. The van der Waals surface area contributed by atoms with E-state index >= 15 is 0 Å². The fourth-order valence-corrected chi connectivity index (χ4v) is 4.07. The first-order valence-corrected chi connectivity index (χ1v) is 9.33. The van der Waals surface area contributed by atoms with Crippen molar-refractivity contribution < 1.29 is 4.79 Å². The summed E-state index contributed by atoms with van der Waals surface area (Å²) in [5.74, 6) is 0.780. The van der Waals surface area contributed by atoms with Crippen molar-refractivity contribution in [2.45, 2.75) is 38.5 Å². The van der Waals surface area contributed by atoms with Crippen LogP contribution in [-0.4, -0.2) is 30.4 Å². The highest BCUT2D eigenvalue weighted by Gasteiger charge is 2.19. The van der Waals surface area contributed by atoms with Crippen molar-refractivity contribution >= 4 is 5.91 Å². The van der Waals surface area contributed by atoms with E-state index in [2.05, 4.69) is 40.6 Å². The zero-order valence-corrected chi connectivity index (χ0v) is 14.3. The van der Waals surface area contributed by atoms with E-state index in [-0.39, 0.29) is 5.91 Å². The van der Waals surface area contributed by atoms with Gasteiger partial charge >= 0.3 is 0 Å². The lowest BCUT2D eigenvalue weighted by molar-refractivity contribution is 0.0947. The van der Waals surface area contributed by atoms with E-state index < -0.39 is 0 Å². The van der Waals surface area contributed by atoms with Gasteiger partial charge in [0.1, 0.15) is 0 Å². The van der Waals surface area contributed by atoms with Crippen LogP contribution in [0.2, 0.25) is 0 Å². The Hall–Kier alpha value is -2.03. The lowest BCUT2D eigenvalue weighted by Gasteiger charge is -2.26. The number of amides is 1. The molecule has 3 heteroatoms. The maximum absolute atomic E-state index is 12.5. The Morgan fingerprint density at radius 3 is 2.58 bits per heavy atom. The van der Waals surface area contributed by atoms with Crippen LogP contribution in [0.3, 0.4) is 0 Å². The van der Waals surface area contributed by atoms with Crippen molar-refractivity contribution in [3.8, 4) is 0 Å². The minimum Gasteiger partial charge on any atom is -0.371 e. The van der Waals surface area contributed by atoms with E-state index in [0.29, 0.717) is 5.92 Å². The van der Waals surface area contributed by atoms with Crippen LogP contribution in [0.25, 0.3) is 0 Å². The summed E-state index contributed by atoms with van der Waals surface area (Å²) < 4.78 is 0. The van der Waals surface area contributed by atoms with Crippen molar-refractivity contribution in [2.75, 3.05) is 19.6 Å². The summed E-state index contributed by atoms with van der Waals surface area (Å²) in [5.41, 5.74) is 4.91. The van der Waals surface area contributed by atoms with Crippen LogP contribution in [0, 0.1) is 5.92 Å². The number of benzene rings is 1. The fraction of sp³-hybridized carbons (Fsp3) is 0.476. The van der Waals surface area contributed by atoms with Gasteiger partial charge in [-0.1, -0.05) is 25.0 Å². The first-order valence-electron chi connectivity index (χ1n) is 9.33. The van der Waals surface area contributed by atoms with Gasteiger partial charge < -0.3 is 10.2 Å². The molecule has 1 aromatic rings. The fourth-order valence-electron chi connectivity index (χ4n) is 4.07. The predicted octanol–water partition coefficient (Wildman–Crippen LogP) is 3.46. The lowest BCUT2D eigenvalue weighted by Crippen LogP contribution is -2.28. The molecule has 1 amide bonds. The highest BCUT2D eigenvalue weighted by Crippen LogP contribution is 2.24. The second-order valence-electron chi connectivity index (χ2n) is 7.28. The Morgan fingerprint density at radius 1 is 1.12 bits per heavy atom. The molecule has 1 saturated carbocycles. The molecule has 0 atom stereocenters. The molecule has 0 radical (unpaired) electrons. The maximum Gasteiger partial charge on any atom is 0.251 e. The minimum absolute atomic E-state index is 0.0930. The van der Waals surface area contributed by atoms with E-state index in [4.69, 9.17) is 0 Å². The van der Waals surface area contributed by atoms with Gasteiger partial charge in [-0.3, -0.25) is 4.79 Å². The zero-order valence-electron chi connectivity index (χ0n) is 14.3. The molecule has 3 nitrogen and oxygen atoms in total. The molecule has 1 aliphatic heterocycles. The molecule has 0 aromatic heterocycles. The molecule has 24 heavy (non-hydrogen) atoms. The van der Waals surface area contributed by atoms with Crippen LogP contribution in [0.15, 0.2) is 42.1 Å². The molecule has 0 saturated heterocycles. The third-order valence-corrected chi connectivity index (χ3v) is 5.70. The standard InChI is InChI=1S/C21H26N2O/c24-21(22-15-16-4-1-2-5-16)19-9-8-17-10-12-23(20-6-3-7-20)13-11-18(17)14-19/h3,6-9,14,16H,1-2,4-5,10-13,15H2,(H,22,24). The molecule has 4 rings (SSSR count). The highest BCUT2D eigenvalue weighted by molar-refractivity contribution is 5.94. The van der Waals surface area contributed by atoms with Gasteiger partial charge in [0.25, 0.3) is 5.91 Å². The third-order valence-electron chi connectivity index (χ3n) is 5.70. The first-order chi connectivity index (χ1) is 11.8. The smallest absolute Gasteiger partial charge is 0.251 e. The topological polar surface area (TPSA) is 32.3 Å². The van der Waals surface area contributed by atoms with E-state index in [0.717, 1.165) is 38.0 Å². The van der Waals surface area contributed by atoms with Crippen molar-refractivity contribution in [2.24, 2.45) is 5.92 Å². The number of nitrogens with zero attached hydrogens (tertiary/aromatic N) is 1. The molecule has 3 aliphatic rings. The Bertz CT molecular complexity index is 683. The summed E-state index contributed by atoms with van der Waals surface area (Å²) in [6.07, 6.45) is 13.7. The second-order valence-corrected chi connectivity index (χ2v) is 7.28. The van der Waals surface area contributed by atoms with Gasteiger partial charge in [-0.15, -0.1) is 0 Å². The quantitative estimate of drug-likeness (QED) is 0.921. The second kappa shape index (κ2) is 6.84. The summed E-state index contributed by atoms with van der Waals surface area (Å²) in [5, 5.41) is 3.14. The number of allylic oxidation sites excluding steroid dienone is 3. The van der Waals surface area contributed by atoms with Crippen LogP contribution < -0.4 is 5.32 Å². The van der Waals surface area contributed by atoms with Crippen molar-refractivity contribution in [3.05, 3.63) is 58.8 Å². The average molecular weight is 322 g/mol. The minimum atomic E-state index is 0.0930. The number of carbonyl (C=O) groups excluding carboxylic acids is 1. The van der Waals surface area contributed by atoms with E-state index in [9.17, 15) is 4.79 Å². The maximum atomic E-state index is 12.5. The van der Waals surface area contributed by atoms with E-state index in [1.165, 1.54) is 42.5 Å². The van der Waals surface area contributed by atoms with Crippen molar-refractivity contribution in [1.82, 2.24) is 10.2 Å². The normalized spacial score (nSPS) is 20.2. The molecule has 1 heterocycles. The average Bonchev–Trinajstić information content (AvgIpc) is 2.99. The lowest BCUT2D eigenvalue weighted by atomic mass is 9.99. The SMILES string of the molecule is O=C(NCC1CCCC1)c1ccc2c(c1)CCN(C1=CC=C1)CC2. The number of hydrogen-bond donors (Lipinski definition) is 1. The van der Waals surface area contributed by atoms with Gasteiger partial charge in [0.15, 0.2) is 0 Å². The van der Waals surface area contributed by atoms with Crippen LogP contribution in [0.4, 0.5) is 0 Å². The number of hydrogen-bond acceptors (Lipinski definition) is 2. The Labute approximate surface area is 144 Å². The highest BCUT2D eigenvalue weighted by atomic mass is 16.1. The molecule has 126 valence electrons. The number of fused-ring (bicyclic) bond motifs is 1. The summed E-state index contributed by atoms with van der Waals surface area (Å²) in [6, 6.07) is 6.28. The zero-order chi connectivity index (χ0) is 16.4. The van der Waals surface area contributed by atoms with Gasteiger partial charge in [-0.05, 0) is 67.0 Å². The van der Waals surface area contributed by atoms with Gasteiger partial charge in [-0.2, -0.15) is 0 Å². The van der Waals surface area contributed by atoms with Gasteiger partial charge in [0, 0.05) is 30.9 Å². The number of carbonyl (C=O) groups is 1. The van der Waals surface area contributed by atoms with Crippen LogP contribution in [0.5, 0.6) is 0 Å². The number of nitrogens with one attached hydrogen (secondary N) is 1. The molecule has 0 bridgehead atoms. The predicted molar refractivity (Wildman–Crippen MR) is 96.9 cm³/mol. The molecule has 0 unspecified atom stereocenters. The molecular formula is C21H26N2O. The van der Waals surface area contributed by atoms with Gasteiger partial charge in [0.05, 0.1) is 0 Å². The summed E-state index contributed by atoms with van der Waals surface area (Å²) in [4.78, 5) is 14.9. The molecule has 1 fully saturated rings. The molecule has 1 N–H and O–H groups in total. The Morgan fingerprint density at radius 2 is 1.88 bits per heavy atom. The number of rotatable bonds is 4. The van der Waals surface area contributed by atoms with Crippen LogP contribution >= 0.6 is 0 Å². The molecule has 1 aromatic carbocycles. The van der Waals surface area contributed by atoms with Gasteiger partial charge in [0.2, 0.25) is 0 Å². The molecule has 0 spiro atoms.